The fraction of sp³-hybridized carbons (Fsp3) is 0.300. The van der Waals surface area contributed by atoms with Gasteiger partial charge in [-0.15, -0.1) is 0 Å². The highest BCUT2D eigenvalue weighted by Gasteiger charge is 2.07. The number of benzene rings is 1. The molecular weight excluding hydrogens is 216 g/mol. The molecule has 82 valence electrons. The Hall–Kier alpha value is -1.26. The van der Waals surface area contributed by atoms with Crippen LogP contribution in [0, 0.1) is 6.92 Å². The monoisotopic (exact) mass is 228 g/mol. The molecule has 1 amide bonds. The molecule has 0 aliphatic heterocycles. The summed E-state index contributed by atoms with van der Waals surface area (Å²) in [5.41, 5.74) is 1.02. The molecule has 0 aliphatic rings. The van der Waals surface area contributed by atoms with Crippen molar-refractivity contribution in [2.24, 2.45) is 5.84 Å². The Bertz CT molecular complexity index is 366. The Labute approximate surface area is 93.5 Å². The number of halogens is 1. The third kappa shape index (κ3) is 3.42. The molecular formula is C10H13ClN2O2. The third-order valence-electron chi connectivity index (χ3n) is 1.83. The Morgan fingerprint density at radius 3 is 2.87 bits per heavy atom. The first-order valence-corrected chi connectivity index (χ1v) is 4.78. The van der Waals surface area contributed by atoms with Gasteiger partial charge >= 0.3 is 0 Å². The highest BCUT2D eigenvalue weighted by Crippen LogP contribution is 2.24. The van der Waals surface area contributed by atoms with E-state index < -0.39 is 0 Å². The van der Waals surface area contributed by atoms with Crippen LogP contribution in [0.25, 0.3) is 0 Å². The van der Waals surface area contributed by atoms with E-state index in [1.165, 1.54) is 7.05 Å². The first-order chi connectivity index (χ1) is 7.00. The van der Waals surface area contributed by atoms with E-state index in [4.69, 9.17) is 22.2 Å². The molecule has 0 radical (unpaired) electrons. The number of nitrogens with two attached hydrogens (primary N) is 1. The van der Waals surface area contributed by atoms with E-state index in [-0.39, 0.29) is 12.5 Å². The van der Waals surface area contributed by atoms with Crippen molar-refractivity contribution in [2.75, 3.05) is 13.7 Å². The number of hydrazine groups is 1. The number of hydrogen-bond donors (Lipinski definition) is 1. The second kappa shape index (κ2) is 5.00. The number of nitrogens with zero attached hydrogens (tertiary/aromatic N) is 1. The van der Waals surface area contributed by atoms with Crippen molar-refractivity contribution in [3.8, 4) is 5.75 Å². The van der Waals surface area contributed by atoms with E-state index in [9.17, 15) is 4.79 Å². The SMILES string of the molecule is Cc1ccc(Cl)c(OCC(=O)N(C)N)c1. The average molecular weight is 229 g/mol. The minimum Gasteiger partial charge on any atom is -0.482 e. The summed E-state index contributed by atoms with van der Waals surface area (Å²) >= 11 is 5.88. The largest absolute Gasteiger partial charge is 0.482 e. The topological polar surface area (TPSA) is 55.6 Å². The summed E-state index contributed by atoms with van der Waals surface area (Å²) in [5.74, 6) is 5.42. The van der Waals surface area contributed by atoms with Gasteiger partial charge in [0.25, 0.3) is 5.91 Å². The fourth-order valence-corrected chi connectivity index (χ4v) is 1.13. The van der Waals surface area contributed by atoms with Crippen molar-refractivity contribution in [1.82, 2.24) is 5.01 Å². The lowest BCUT2D eigenvalue weighted by Crippen LogP contribution is -2.36. The number of ether oxygens (including phenoxy) is 1. The van der Waals surface area contributed by atoms with Gasteiger partial charge in [-0.25, -0.2) is 5.84 Å². The van der Waals surface area contributed by atoms with Crippen molar-refractivity contribution in [1.29, 1.82) is 0 Å². The first-order valence-electron chi connectivity index (χ1n) is 4.41. The number of aryl methyl sites for hydroxylation is 1. The van der Waals surface area contributed by atoms with E-state index in [0.717, 1.165) is 10.6 Å². The highest BCUT2D eigenvalue weighted by molar-refractivity contribution is 6.32. The molecule has 0 heterocycles. The van der Waals surface area contributed by atoms with Gasteiger partial charge in [0.05, 0.1) is 5.02 Å². The smallest absolute Gasteiger partial charge is 0.274 e. The lowest BCUT2D eigenvalue weighted by molar-refractivity contribution is -0.132. The van der Waals surface area contributed by atoms with Gasteiger partial charge in [-0.2, -0.15) is 0 Å². The van der Waals surface area contributed by atoms with Crippen LogP contribution in [-0.2, 0) is 4.79 Å². The van der Waals surface area contributed by atoms with E-state index in [1.807, 2.05) is 13.0 Å². The molecule has 0 aliphatic carbocycles. The molecule has 1 aromatic carbocycles. The normalized spacial score (nSPS) is 9.87. The maximum atomic E-state index is 11.1. The molecule has 0 saturated carbocycles. The second-order valence-electron chi connectivity index (χ2n) is 3.23. The zero-order valence-electron chi connectivity index (χ0n) is 8.66. The molecule has 0 saturated heterocycles. The Morgan fingerprint density at radius 1 is 1.60 bits per heavy atom. The summed E-state index contributed by atoms with van der Waals surface area (Å²) in [6.07, 6.45) is 0. The number of hydrogen-bond acceptors (Lipinski definition) is 3. The van der Waals surface area contributed by atoms with Crippen molar-refractivity contribution < 1.29 is 9.53 Å². The van der Waals surface area contributed by atoms with Gasteiger partial charge < -0.3 is 4.74 Å². The lowest BCUT2D eigenvalue weighted by Gasteiger charge is -2.12. The van der Waals surface area contributed by atoms with Crippen LogP contribution >= 0.6 is 11.6 Å². The minimum absolute atomic E-state index is 0.115. The number of likely N-dealkylation sites (N-methyl/N-ethyl adjacent to an activating group) is 1. The third-order valence-corrected chi connectivity index (χ3v) is 2.14. The van der Waals surface area contributed by atoms with E-state index in [1.54, 1.807) is 12.1 Å². The van der Waals surface area contributed by atoms with Gasteiger partial charge in [0, 0.05) is 7.05 Å². The van der Waals surface area contributed by atoms with Crippen LogP contribution in [0.2, 0.25) is 5.02 Å². The summed E-state index contributed by atoms with van der Waals surface area (Å²) in [6.45, 7) is 1.80. The molecule has 0 spiro atoms. The summed E-state index contributed by atoms with van der Waals surface area (Å²) in [7, 11) is 1.46. The summed E-state index contributed by atoms with van der Waals surface area (Å²) in [6, 6.07) is 5.36. The highest BCUT2D eigenvalue weighted by atomic mass is 35.5. The number of amides is 1. The maximum absolute atomic E-state index is 11.1. The Balaban J connectivity index is 2.65. The quantitative estimate of drug-likeness (QED) is 0.483. The molecule has 4 nitrogen and oxygen atoms in total. The van der Waals surface area contributed by atoms with Crippen LogP contribution in [0.5, 0.6) is 5.75 Å². The predicted molar refractivity (Wildman–Crippen MR) is 58.6 cm³/mol. The van der Waals surface area contributed by atoms with Crippen LogP contribution < -0.4 is 10.6 Å². The molecule has 0 fully saturated rings. The van der Waals surface area contributed by atoms with Gasteiger partial charge in [0.2, 0.25) is 0 Å². The van der Waals surface area contributed by atoms with E-state index in [0.29, 0.717) is 10.8 Å². The molecule has 0 atom stereocenters. The van der Waals surface area contributed by atoms with Crippen LogP contribution in [0.4, 0.5) is 0 Å². The zero-order valence-corrected chi connectivity index (χ0v) is 9.41. The van der Waals surface area contributed by atoms with Gasteiger partial charge in [-0.05, 0) is 24.6 Å². The summed E-state index contributed by atoms with van der Waals surface area (Å²) in [5, 5.41) is 1.46. The van der Waals surface area contributed by atoms with Gasteiger partial charge in [0.1, 0.15) is 5.75 Å². The summed E-state index contributed by atoms with van der Waals surface area (Å²) in [4.78, 5) is 11.1. The summed E-state index contributed by atoms with van der Waals surface area (Å²) < 4.78 is 5.24. The van der Waals surface area contributed by atoms with Crippen molar-refractivity contribution in [3.63, 3.8) is 0 Å². The first kappa shape index (κ1) is 11.8. The van der Waals surface area contributed by atoms with E-state index >= 15 is 0 Å². The Kier molecular flexibility index (Phi) is 3.94. The number of carbonyl (C=O) groups is 1. The molecule has 5 heteroatoms. The predicted octanol–water partition coefficient (Wildman–Crippen LogP) is 1.36. The van der Waals surface area contributed by atoms with Gasteiger partial charge in [0.15, 0.2) is 6.61 Å². The lowest BCUT2D eigenvalue weighted by atomic mass is 10.2. The minimum atomic E-state index is -0.312. The van der Waals surface area contributed by atoms with Crippen molar-refractivity contribution in [2.45, 2.75) is 6.92 Å². The van der Waals surface area contributed by atoms with Gasteiger partial charge in [-0.1, -0.05) is 17.7 Å². The standard InChI is InChI=1S/C10H13ClN2O2/c1-7-3-4-8(11)9(5-7)15-6-10(14)13(2)12/h3-5H,6,12H2,1-2H3. The van der Waals surface area contributed by atoms with Crippen LogP contribution in [0.15, 0.2) is 18.2 Å². The Morgan fingerprint density at radius 2 is 2.27 bits per heavy atom. The molecule has 1 aromatic rings. The molecule has 0 unspecified atom stereocenters. The van der Waals surface area contributed by atoms with Gasteiger partial charge in [-0.3, -0.25) is 9.80 Å². The van der Waals surface area contributed by atoms with Crippen molar-refractivity contribution in [3.05, 3.63) is 28.8 Å². The molecule has 0 bridgehead atoms. The van der Waals surface area contributed by atoms with Crippen LogP contribution in [0.3, 0.4) is 0 Å². The van der Waals surface area contributed by atoms with Crippen LogP contribution in [-0.4, -0.2) is 24.6 Å². The maximum Gasteiger partial charge on any atom is 0.274 e. The number of carbonyl (C=O) groups excluding carboxylic acids is 1. The number of rotatable bonds is 3. The van der Waals surface area contributed by atoms with E-state index in [2.05, 4.69) is 0 Å². The fourth-order valence-electron chi connectivity index (χ4n) is 0.962. The molecule has 2 N–H and O–H groups in total. The zero-order chi connectivity index (χ0) is 11.4. The van der Waals surface area contributed by atoms with Crippen LogP contribution in [0.1, 0.15) is 5.56 Å². The van der Waals surface area contributed by atoms with Crippen molar-refractivity contribution >= 4 is 17.5 Å². The molecule has 1 rings (SSSR count). The second-order valence-corrected chi connectivity index (χ2v) is 3.63. The molecule has 15 heavy (non-hydrogen) atoms. The molecule has 0 aromatic heterocycles. The average Bonchev–Trinajstić information content (AvgIpc) is 2.18.